The first kappa shape index (κ1) is 14.9. The molecule has 0 aliphatic rings. The van der Waals surface area contributed by atoms with Gasteiger partial charge >= 0.3 is 0 Å². The second-order valence-corrected chi connectivity index (χ2v) is 5.22. The molecule has 0 amide bonds. The van der Waals surface area contributed by atoms with Gasteiger partial charge in [0, 0.05) is 18.4 Å². The second kappa shape index (κ2) is 6.14. The van der Waals surface area contributed by atoms with Crippen molar-refractivity contribution in [1.29, 1.82) is 0 Å². The number of nitrogen functional groups attached to an aromatic ring is 1. The smallest absolute Gasteiger partial charge is 0.162 e. The van der Waals surface area contributed by atoms with E-state index in [0.717, 1.165) is 18.5 Å². The van der Waals surface area contributed by atoms with Crippen molar-refractivity contribution >= 4 is 5.82 Å². The first-order valence-electron chi connectivity index (χ1n) is 6.69. The highest BCUT2D eigenvalue weighted by atomic mass is 16.5. The molecular weight excluding hydrogens is 226 g/mol. The number of ether oxygens (including phenoxy) is 1. The van der Waals surface area contributed by atoms with Gasteiger partial charge < -0.3 is 10.5 Å². The SMILES string of the molecule is CCOC(C)(CC)c1nc(N)cc(CC(C)C)n1. The van der Waals surface area contributed by atoms with Crippen LogP contribution in [0, 0.1) is 5.92 Å². The summed E-state index contributed by atoms with van der Waals surface area (Å²) in [6, 6.07) is 1.85. The standard InChI is InChI=1S/C14H25N3O/c1-6-14(5,18-7-2)13-16-11(8-10(3)4)9-12(15)17-13/h9-10H,6-8H2,1-5H3,(H2,15,16,17). The van der Waals surface area contributed by atoms with Crippen molar-refractivity contribution in [3.8, 4) is 0 Å². The Hall–Kier alpha value is -1.16. The first-order chi connectivity index (χ1) is 8.41. The van der Waals surface area contributed by atoms with Crippen LogP contribution in [0.1, 0.15) is 52.6 Å². The van der Waals surface area contributed by atoms with Crippen LogP contribution in [0.25, 0.3) is 0 Å². The van der Waals surface area contributed by atoms with E-state index in [1.807, 2.05) is 19.9 Å². The van der Waals surface area contributed by atoms with E-state index in [-0.39, 0.29) is 0 Å². The van der Waals surface area contributed by atoms with Gasteiger partial charge in [0.2, 0.25) is 0 Å². The third-order valence-electron chi connectivity index (χ3n) is 3.03. The number of aromatic nitrogens is 2. The molecule has 0 aliphatic carbocycles. The molecule has 1 aromatic rings. The molecule has 0 spiro atoms. The van der Waals surface area contributed by atoms with Gasteiger partial charge in [-0.05, 0) is 32.6 Å². The van der Waals surface area contributed by atoms with E-state index in [4.69, 9.17) is 10.5 Å². The summed E-state index contributed by atoms with van der Waals surface area (Å²) in [4.78, 5) is 8.96. The summed E-state index contributed by atoms with van der Waals surface area (Å²) in [6.45, 7) is 11.0. The maximum atomic E-state index is 5.88. The Balaban J connectivity index is 3.11. The molecule has 2 N–H and O–H groups in total. The van der Waals surface area contributed by atoms with Gasteiger partial charge in [-0.2, -0.15) is 0 Å². The molecular formula is C14H25N3O. The number of nitrogens with two attached hydrogens (primary N) is 1. The number of anilines is 1. The van der Waals surface area contributed by atoms with Crippen molar-refractivity contribution in [3.05, 3.63) is 17.6 Å². The third kappa shape index (κ3) is 3.67. The van der Waals surface area contributed by atoms with Gasteiger partial charge in [-0.3, -0.25) is 0 Å². The highest BCUT2D eigenvalue weighted by Gasteiger charge is 2.29. The van der Waals surface area contributed by atoms with Crippen molar-refractivity contribution in [1.82, 2.24) is 9.97 Å². The van der Waals surface area contributed by atoms with Crippen LogP contribution < -0.4 is 5.73 Å². The molecule has 18 heavy (non-hydrogen) atoms. The lowest BCUT2D eigenvalue weighted by atomic mass is 10.0. The minimum atomic E-state index is -0.449. The predicted molar refractivity (Wildman–Crippen MR) is 74.3 cm³/mol. The summed E-state index contributed by atoms with van der Waals surface area (Å²) in [5.41, 5.74) is 6.42. The van der Waals surface area contributed by atoms with E-state index < -0.39 is 5.60 Å². The molecule has 4 nitrogen and oxygen atoms in total. The van der Waals surface area contributed by atoms with E-state index >= 15 is 0 Å². The molecule has 102 valence electrons. The van der Waals surface area contributed by atoms with Crippen LogP contribution in [-0.4, -0.2) is 16.6 Å². The lowest BCUT2D eigenvalue weighted by molar-refractivity contribution is -0.0391. The Morgan fingerprint density at radius 3 is 2.50 bits per heavy atom. The van der Waals surface area contributed by atoms with Crippen LogP contribution in [0.3, 0.4) is 0 Å². The van der Waals surface area contributed by atoms with Gasteiger partial charge in [0.1, 0.15) is 11.4 Å². The average Bonchev–Trinajstić information content (AvgIpc) is 2.27. The Morgan fingerprint density at radius 1 is 1.33 bits per heavy atom. The summed E-state index contributed by atoms with van der Waals surface area (Å²) < 4.78 is 5.80. The molecule has 1 heterocycles. The zero-order valence-electron chi connectivity index (χ0n) is 12.2. The highest BCUT2D eigenvalue weighted by molar-refractivity contribution is 5.31. The summed E-state index contributed by atoms with van der Waals surface area (Å²) in [5, 5.41) is 0. The van der Waals surface area contributed by atoms with Crippen LogP contribution in [-0.2, 0) is 16.8 Å². The van der Waals surface area contributed by atoms with Gasteiger partial charge in [0.25, 0.3) is 0 Å². The van der Waals surface area contributed by atoms with E-state index in [0.29, 0.717) is 24.2 Å². The van der Waals surface area contributed by atoms with Crippen molar-refractivity contribution in [2.24, 2.45) is 5.92 Å². The first-order valence-corrected chi connectivity index (χ1v) is 6.69. The quantitative estimate of drug-likeness (QED) is 0.844. The van der Waals surface area contributed by atoms with E-state index in [2.05, 4.69) is 30.7 Å². The van der Waals surface area contributed by atoms with Gasteiger partial charge in [-0.1, -0.05) is 20.8 Å². The minimum Gasteiger partial charge on any atom is -0.384 e. The Kier molecular flexibility index (Phi) is 5.08. The maximum absolute atomic E-state index is 5.88. The molecule has 1 unspecified atom stereocenters. The third-order valence-corrected chi connectivity index (χ3v) is 3.03. The van der Waals surface area contributed by atoms with Crippen molar-refractivity contribution < 1.29 is 4.74 Å². The van der Waals surface area contributed by atoms with Crippen molar-refractivity contribution in [2.45, 2.75) is 53.1 Å². The van der Waals surface area contributed by atoms with Gasteiger partial charge in [-0.15, -0.1) is 0 Å². The molecule has 0 saturated carbocycles. The summed E-state index contributed by atoms with van der Waals surface area (Å²) in [6.07, 6.45) is 1.73. The molecule has 1 rings (SSSR count). The number of hydrogen-bond donors (Lipinski definition) is 1. The molecule has 0 saturated heterocycles. The lowest BCUT2D eigenvalue weighted by Gasteiger charge is -2.27. The summed E-state index contributed by atoms with van der Waals surface area (Å²) >= 11 is 0. The number of rotatable bonds is 6. The largest absolute Gasteiger partial charge is 0.384 e. The number of hydrogen-bond acceptors (Lipinski definition) is 4. The zero-order chi connectivity index (χ0) is 13.8. The molecule has 0 fully saturated rings. The summed E-state index contributed by atoms with van der Waals surface area (Å²) in [5.74, 6) is 1.77. The topological polar surface area (TPSA) is 61.0 Å². The Bertz CT molecular complexity index is 393. The Labute approximate surface area is 110 Å². The molecule has 0 radical (unpaired) electrons. The normalized spacial score (nSPS) is 14.8. The van der Waals surface area contributed by atoms with Crippen LogP contribution in [0.5, 0.6) is 0 Å². The lowest BCUT2D eigenvalue weighted by Crippen LogP contribution is -2.28. The van der Waals surface area contributed by atoms with Gasteiger partial charge in [0.15, 0.2) is 5.82 Å². The van der Waals surface area contributed by atoms with Crippen LogP contribution in [0.15, 0.2) is 6.07 Å². The van der Waals surface area contributed by atoms with Crippen LogP contribution in [0.4, 0.5) is 5.82 Å². The second-order valence-electron chi connectivity index (χ2n) is 5.22. The van der Waals surface area contributed by atoms with E-state index in [1.165, 1.54) is 0 Å². The van der Waals surface area contributed by atoms with E-state index in [9.17, 15) is 0 Å². The monoisotopic (exact) mass is 251 g/mol. The average molecular weight is 251 g/mol. The van der Waals surface area contributed by atoms with Crippen molar-refractivity contribution in [3.63, 3.8) is 0 Å². The molecule has 1 atom stereocenters. The van der Waals surface area contributed by atoms with E-state index in [1.54, 1.807) is 0 Å². The predicted octanol–water partition coefficient (Wildman–Crippen LogP) is 2.92. The van der Waals surface area contributed by atoms with Gasteiger partial charge in [0.05, 0.1) is 0 Å². The molecule has 0 aromatic carbocycles. The van der Waals surface area contributed by atoms with Crippen LogP contribution >= 0.6 is 0 Å². The van der Waals surface area contributed by atoms with Crippen LogP contribution in [0.2, 0.25) is 0 Å². The fourth-order valence-corrected chi connectivity index (χ4v) is 1.92. The molecule has 1 aromatic heterocycles. The fraction of sp³-hybridized carbons (Fsp3) is 0.714. The van der Waals surface area contributed by atoms with Gasteiger partial charge in [-0.25, -0.2) is 9.97 Å². The minimum absolute atomic E-state index is 0.449. The summed E-state index contributed by atoms with van der Waals surface area (Å²) in [7, 11) is 0. The highest BCUT2D eigenvalue weighted by Crippen LogP contribution is 2.27. The Morgan fingerprint density at radius 2 is 2.00 bits per heavy atom. The maximum Gasteiger partial charge on any atom is 0.162 e. The number of nitrogens with zero attached hydrogens (tertiary/aromatic N) is 2. The molecule has 0 bridgehead atoms. The molecule has 0 aliphatic heterocycles. The molecule has 4 heteroatoms. The fourth-order valence-electron chi connectivity index (χ4n) is 1.92. The zero-order valence-corrected chi connectivity index (χ0v) is 12.2. The van der Waals surface area contributed by atoms with Crippen molar-refractivity contribution in [2.75, 3.05) is 12.3 Å².